The van der Waals surface area contributed by atoms with Gasteiger partial charge in [0.25, 0.3) is 0 Å². The van der Waals surface area contributed by atoms with Crippen LogP contribution in [0.4, 0.5) is 11.4 Å². The van der Waals surface area contributed by atoms with Crippen molar-refractivity contribution >= 4 is 33.6 Å². The number of anilines is 2. The third-order valence-corrected chi connectivity index (χ3v) is 5.71. The standard InChI is InChI=1S/C21H24N4O3/c1-13-11-17(26)18-15(24-3-7-27-8-4-24)12-16(25-5-9-28-10-6-25)21-19(18)20(13)22-14(2)23-21/h11-12H,3-10H2,1-2H3. The van der Waals surface area contributed by atoms with E-state index < -0.39 is 0 Å². The zero-order chi connectivity index (χ0) is 19.3. The molecule has 1 aliphatic carbocycles. The molecular formula is C21H24N4O3. The molecule has 0 unspecified atom stereocenters. The smallest absolute Gasteiger partial charge is 0.189 e. The van der Waals surface area contributed by atoms with Crippen LogP contribution in [0.5, 0.6) is 0 Å². The van der Waals surface area contributed by atoms with Crippen LogP contribution in [0.2, 0.25) is 0 Å². The number of hydrogen-bond acceptors (Lipinski definition) is 7. The number of morpholine rings is 2. The normalized spacial score (nSPS) is 19.9. The summed E-state index contributed by atoms with van der Waals surface area (Å²) < 4.78 is 11.1. The van der Waals surface area contributed by atoms with E-state index in [1.54, 1.807) is 6.08 Å². The van der Waals surface area contributed by atoms with E-state index in [-0.39, 0.29) is 5.78 Å². The van der Waals surface area contributed by atoms with Crippen molar-refractivity contribution in [3.8, 4) is 0 Å². The van der Waals surface area contributed by atoms with Crippen LogP contribution < -0.4 is 9.80 Å². The van der Waals surface area contributed by atoms with Crippen LogP contribution in [0, 0.1) is 6.92 Å². The molecule has 1 aromatic carbocycles. The lowest BCUT2D eigenvalue weighted by molar-refractivity contribution is 0.104. The lowest BCUT2D eigenvalue weighted by Crippen LogP contribution is -2.39. The lowest BCUT2D eigenvalue weighted by atomic mass is 9.90. The molecule has 2 aromatic rings. The number of ether oxygens (including phenoxy) is 2. The summed E-state index contributed by atoms with van der Waals surface area (Å²) in [5, 5.41) is 0.890. The summed E-state index contributed by atoms with van der Waals surface area (Å²) in [4.78, 5) is 27.2. The fraction of sp³-hybridized carbons (Fsp3) is 0.476. The van der Waals surface area contributed by atoms with Crippen molar-refractivity contribution in [3.05, 3.63) is 29.2 Å². The van der Waals surface area contributed by atoms with E-state index in [0.29, 0.717) is 26.4 Å². The fourth-order valence-electron chi connectivity index (χ4n) is 4.36. The van der Waals surface area contributed by atoms with E-state index in [1.807, 2.05) is 13.8 Å². The molecular weight excluding hydrogens is 356 g/mol. The first-order chi connectivity index (χ1) is 13.6. The first-order valence-corrected chi connectivity index (χ1v) is 9.87. The van der Waals surface area contributed by atoms with Crippen molar-refractivity contribution in [2.75, 3.05) is 62.4 Å². The Morgan fingerprint density at radius 3 is 2.14 bits per heavy atom. The Morgan fingerprint density at radius 1 is 0.893 bits per heavy atom. The molecule has 3 heterocycles. The highest BCUT2D eigenvalue weighted by Gasteiger charge is 2.30. The minimum atomic E-state index is 0.0393. The van der Waals surface area contributed by atoms with Gasteiger partial charge in [0, 0.05) is 31.6 Å². The van der Waals surface area contributed by atoms with E-state index in [4.69, 9.17) is 19.4 Å². The molecule has 28 heavy (non-hydrogen) atoms. The molecule has 0 atom stereocenters. The molecule has 0 radical (unpaired) electrons. The predicted molar refractivity (Wildman–Crippen MR) is 108 cm³/mol. The SMILES string of the molecule is CC1=CC(=O)c2c(N3CCOCC3)cc(N3CCOCC3)c3nc(C)nc1c23. The van der Waals surface area contributed by atoms with Gasteiger partial charge in [0.15, 0.2) is 5.78 Å². The van der Waals surface area contributed by atoms with E-state index in [1.165, 1.54) is 0 Å². The average molecular weight is 380 g/mol. The zero-order valence-corrected chi connectivity index (χ0v) is 16.3. The Morgan fingerprint density at radius 2 is 1.50 bits per heavy atom. The molecule has 7 heteroatoms. The van der Waals surface area contributed by atoms with Crippen LogP contribution in [-0.2, 0) is 9.47 Å². The summed E-state index contributed by atoms with van der Waals surface area (Å²) >= 11 is 0. The fourth-order valence-corrected chi connectivity index (χ4v) is 4.36. The molecule has 2 fully saturated rings. The van der Waals surface area contributed by atoms with Crippen molar-refractivity contribution in [3.63, 3.8) is 0 Å². The highest BCUT2D eigenvalue weighted by Crippen LogP contribution is 2.42. The van der Waals surface area contributed by atoms with Gasteiger partial charge in [0.1, 0.15) is 5.82 Å². The third kappa shape index (κ3) is 2.77. The summed E-state index contributed by atoms with van der Waals surface area (Å²) in [7, 11) is 0. The number of nitrogens with zero attached hydrogens (tertiary/aromatic N) is 4. The monoisotopic (exact) mass is 380 g/mol. The second-order valence-electron chi connectivity index (χ2n) is 7.52. The Bertz CT molecular complexity index is 989. The first-order valence-electron chi connectivity index (χ1n) is 9.87. The zero-order valence-electron chi connectivity index (χ0n) is 16.3. The number of aryl methyl sites for hydroxylation is 1. The minimum absolute atomic E-state index is 0.0393. The van der Waals surface area contributed by atoms with E-state index >= 15 is 0 Å². The molecule has 3 aliphatic rings. The maximum absolute atomic E-state index is 13.1. The van der Waals surface area contributed by atoms with Gasteiger partial charge in [0.2, 0.25) is 0 Å². The summed E-state index contributed by atoms with van der Waals surface area (Å²) in [6.07, 6.45) is 1.71. The van der Waals surface area contributed by atoms with E-state index in [2.05, 4.69) is 15.9 Å². The topological polar surface area (TPSA) is 67.8 Å². The highest BCUT2D eigenvalue weighted by molar-refractivity contribution is 6.25. The van der Waals surface area contributed by atoms with Gasteiger partial charge in [0.05, 0.1) is 54.6 Å². The van der Waals surface area contributed by atoms with Crippen LogP contribution in [0.15, 0.2) is 12.1 Å². The summed E-state index contributed by atoms with van der Waals surface area (Å²) in [5.74, 6) is 0.765. The van der Waals surface area contributed by atoms with Crippen molar-refractivity contribution in [2.45, 2.75) is 13.8 Å². The molecule has 146 valence electrons. The summed E-state index contributed by atoms with van der Waals surface area (Å²) in [6.45, 7) is 9.80. The van der Waals surface area contributed by atoms with Crippen LogP contribution in [-0.4, -0.2) is 68.4 Å². The predicted octanol–water partition coefficient (Wildman–Crippen LogP) is 2.21. The lowest BCUT2D eigenvalue weighted by Gasteiger charge is -2.35. The maximum Gasteiger partial charge on any atom is 0.189 e. The molecule has 0 spiro atoms. The number of benzene rings is 1. The number of carbonyl (C=O) groups is 1. The first kappa shape index (κ1) is 17.6. The van der Waals surface area contributed by atoms with Crippen LogP contribution in [0.1, 0.15) is 28.8 Å². The van der Waals surface area contributed by atoms with Crippen LogP contribution in [0.3, 0.4) is 0 Å². The minimum Gasteiger partial charge on any atom is -0.378 e. The van der Waals surface area contributed by atoms with Gasteiger partial charge >= 0.3 is 0 Å². The van der Waals surface area contributed by atoms with Gasteiger partial charge < -0.3 is 19.3 Å². The number of rotatable bonds is 2. The second-order valence-corrected chi connectivity index (χ2v) is 7.52. The van der Waals surface area contributed by atoms with Crippen LogP contribution >= 0.6 is 0 Å². The number of allylic oxidation sites excluding steroid dienone is 2. The molecule has 1 aromatic heterocycles. The van der Waals surface area contributed by atoms with Gasteiger partial charge in [-0.1, -0.05) is 0 Å². The summed E-state index contributed by atoms with van der Waals surface area (Å²) in [5.41, 5.74) is 5.42. The molecule has 2 saturated heterocycles. The molecule has 7 nitrogen and oxygen atoms in total. The molecule has 0 saturated carbocycles. The third-order valence-electron chi connectivity index (χ3n) is 5.71. The van der Waals surface area contributed by atoms with Gasteiger partial charge in [-0.05, 0) is 31.6 Å². The number of hydrogen-bond donors (Lipinski definition) is 0. The van der Waals surface area contributed by atoms with E-state index in [0.717, 1.165) is 71.1 Å². The van der Waals surface area contributed by atoms with Crippen LogP contribution in [0.25, 0.3) is 16.5 Å². The Balaban J connectivity index is 1.81. The van der Waals surface area contributed by atoms with Gasteiger partial charge in [-0.3, -0.25) is 4.79 Å². The molecule has 0 amide bonds. The number of carbonyl (C=O) groups excluding carboxylic acids is 1. The average Bonchev–Trinajstić information content (AvgIpc) is 2.72. The Kier molecular flexibility index (Phi) is 4.29. The molecule has 5 rings (SSSR count). The largest absolute Gasteiger partial charge is 0.378 e. The molecule has 0 N–H and O–H groups in total. The maximum atomic E-state index is 13.1. The second kappa shape index (κ2) is 6.83. The Hall–Kier alpha value is -2.51. The Labute approximate surface area is 163 Å². The van der Waals surface area contributed by atoms with Crippen molar-refractivity contribution in [1.29, 1.82) is 0 Å². The number of aromatic nitrogens is 2. The highest BCUT2D eigenvalue weighted by atomic mass is 16.5. The summed E-state index contributed by atoms with van der Waals surface area (Å²) in [6, 6.07) is 2.15. The van der Waals surface area contributed by atoms with Crippen molar-refractivity contribution in [1.82, 2.24) is 9.97 Å². The molecule has 0 bridgehead atoms. The van der Waals surface area contributed by atoms with Gasteiger partial charge in [-0.2, -0.15) is 0 Å². The number of ketones is 1. The van der Waals surface area contributed by atoms with E-state index in [9.17, 15) is 4.79 Å². The molecule has 2 aliphatic heterocycles. The van der Waals surface area contributed by atoms with Gasteiger partial charge in [-0.15, -0.1) is 0 Å². The quantitative estimate of drug-likeness (QED) is 0.791. The van der Waals surface area contributed by atoms with Gasteiger partial charge in [-0.25, -0.2) is 9.97 Å². The van der Waals surface area contributed by atoms with Crippen molar-refractivity contribution < 1.29 is 14.3 Å². The van der Waals surface area contributed by atoms with Crippen molar-refractivity contribution in [2.24, 2.45) is 0 Å².